The number of fused-ring (bicyclic) bond motifs is 10. The highest BCUT2D eigenvalue weighted by atomic mass is 32.2. The monoisotopic (exact) mass is 1320 g/mol. The van der Waals surface area contributed by atoms with Crippen molar-refractivity contribution in [2.75, 3.05) is 13.7 Å². The molecule has 7 aromatic carbocycles. The number of phenolic OH excluding ortho intramolecular Hbond substituents is 1. The number of rotatable bonds is 9. The summed E-state index contributed by atoms with van der Waals surface area (Å²) in [6, 6.07) is 46.0. The van der Waals surface area contributed by atoms with E-state index in [9.17, 15) is 33.4 Å². The Morgan fingerprint density at radius 2 is 1.57 bits per heavy atom. The maximum Gasteiger partial charge on any atom is 0.268 e. The van der Waals surface area contributed by atoms with E-state index in [-0.39, 0.29) is 72.3 Å². The smallest absolute Gasteiger partial charge is 0.268 e. The second kappa shape index (κ2) is 25.4. The van der Waals surface area contributed by atoms with Crippen LogP contribution in [0.5, 0.6) is 11.5 Å². The Hall–Kier alpha value is -7.32. The normalized spacial score (nSPS) is 32.4. The number of hydrogen-bond donors (Lipinski definition) is 8. The minimum atomic E-state index is -4.73. The molecule has 17 unspecified atom stereocenters. The van der Waals surface area contributed by atoms with Crippen molar-refractivity contribution in [3.63, 3.8) is 0 Å². The first-order valence-electron chi connectivity index (χ1n) is 36.0. The van der Waals surface area contributed by atoms with E-state index in [1.54, 1.807) is 12.1 Å². The summed E-state index contributed by atoms with van der Waals surface area (Å²) >= 11 is 0. The highest BCUT2D eigenvalue weighted by Gasteiger charge is 2.60. The van der Waals surface area contributed by atoms with E-state index in [1.165, 1.54) is 44.2 Å². The van der Waals surface area contributed by atoms with E-state index in [0.717, 1.165) is 96.9 Å². The van der Waals surface area contributed by atoms with Gasteiger partial charge in [-0.25, -0.2) is 4.99 Å². The summed E-state index contributed by atoms with van der Waals surface area (Å²) < 4.78 is 56.3. The SMILES string of the molecule is CNCc1cc2cccc3c2c2c1CCc1cc(C4CCC5CCC(C6(N=C(N)N)Oc7ccc8c(c7)CCC(C)C8CC(S(=O)(=O)O)C7C=C8CC(CC9CC(CO)CC#Cc%10cc(O)ccc%10C8O9)C7c7ccc6cc7)C(Cc6ccccc6)C5(O)C4)ccc1C(O)C2CC3. The fourth-order valence-corrected chi connectivity index (χ4v) is 22.0. The summed E-state index contributed by atoms with van der Waals surface area (Å²) in [6.45, 7) is 2.87. The summed E-state index contributed by atoms with van der Waals surface area (Å²) in [4.78, 5) is 5.42. The molecular weight excluding hydrogens is 1230 g/mol. The van der Waals surface area contributed by atoms with Gasteiger partial charge in [-0.3, -0.25) is 4.55 Å². The molecule has 10 bridgehead atoms. The van der Waals surface area contributed by atoms with Crippen LogP contribution >= 0.6 is 0 Å². The van der Waals surface area contributed by atoms with Gasteiger partial charge in [-0.1, -0.05) is 128 Å². The maximum absolute atomic E-state index is 14.7. The van der Waals surface area contributed by atoms with Crippen LogP contribution in [0.4, 0.5) is 0 Å². The molecule has 504 valence electrons. The second-order valence-corrected chi connectivity index (χ2v) is 32.3. The van der Waals surface area contributed by atoms with Gasteiger partial charge in [0.1, 0.15) is 17.6 Å². The number of aliphatic hydroxyl groups excluding tert-OH is 2. The predicted octanol–water partition coefficient (Wildman–Crippen LogP) is 13.5. The van der Waals surface area contributed by atoms with Crippen molar-refractivity contribution in [3.8, 4) is 23.3 Å². The molecule has 14 heteroatoms. The van der Waals surface area contributed by atoms with Gasteiger partial charge in [0.2, 0.25) is 5.72 Å². The first kappa shape index (κ1) is 64.4. The largest absolute Gasteiger partial charge is 0.508 e. The Kier molecular flexibility index (Phi) is 16.9. The minimum Gasteiger partial charge on any atom is -0.508 e. The Balaban J connectivity index is 0.820. The van der Waals surface area contributed by atoms with Crippen molar-refractivity contribution in [2.24, 2.45) is 57.9 Å². The summed E-state index contributed by atoms with van der Waals surface area (Å²) in [5, 5.41) is 53.7. The van der Waals surface area contributed by atoms with Crippen molar-refractivity contribution in [1.82, 2.24) is 5.32 Å². The average molecular weight is 1320 g/mol. The van der Waals surface area contributed by atoms with Crippen LogP contribution in [0.2, 0.25) is 0 Å². The lowest BCUT2D eigenvalue weighted by molar-refractivity contribution is -0.177. The van der Waals surface area contributed by atoms with E-state index in [4.69, 9.17) is 25.9 Å². The molecule has 13 nitrogen and oxygen atoms in total. The third kappa shape index (κ3) is 11.5. The van der Waals surface area contributed by atoms with Gasteiger partial charge in [0.15, 0.2) is 5.96 Å². The summed E-state index contributed by atoms with van der Waals surface area (Å²) in [5.74, 6) is 4.49. The molecule has 5 aliphatic heterocycles. The Labute approximate surface area is 571 Å². The van der Waals surface area contributed by atoms with Crippen molar-refractivity contribution in [2.45, 2.75) is 181 Å². The molecule has 0 aromatic heterocycles. The number of aliphatic imine (C=N–C) groups is 1. The van der Waals surface area contributed by atoms with Crippen molar-refractivity contribution in [3.05, 3.63) is 223 Å². The van der Waals surface area contributed by atoms with Crippen LogP contribution in [0.25, 0.3) is 10.8 Å². The lowest BCUT2D eigenvalue weighted by Gasteiger charge is -2.57. The minimum absolute atomic E-state index is 0.00901. The predicted molar refractivity (Wildman–Crippen MR) is 379 cm³/mol. The van der Waals surface area contributed by atoms with E-state index in [1.807, 2.05) is 25.2 Å². The number of aliphatic hydroxyl groups is 3. The van der Waals surface area contributed by atoms with Gasteiger partial charge in [-0.2, -0.15) is 8.42 Å². The van der Waals surface area contributed by atoms with Gasteiger partial charge in [-0.05, 0) is 259 Å². The molecule has 11 aliphatic rings. The number of nitrogens with two attached hydrogens (primary N) is 2. The number of phenols is 1. The number of benzene rings is 7. The molecule has 10 N–H and O–H groups in total. The van der Waals surface area contributed by atoms with Crippen LogP contribution in [0, 0.1) is 53.3 Å². The maximum atomic E-state index is 14.7. The molecule has 17 atom stereocenters. The number of nitrogens with zero attached hydrogens (tertiary/aromatic N) is 1. The van der Waals surface area contributed by atoms with Gasteiger partial charge >= 0.3 is 0 Å². The third-order valence-electron chi connectivity index (χ3n) is 25.3. The summed E-state index contributed by atoms with van der Waals surface area (Å²) in [5.41, 5.74) is 26.7. The number of ether oxygens (including phenoxy) is 2. The van der Waals surface area contributed by atoms with Crippen LogP contribution in [0.1, 0.15) is 198 Å². The van der Waals surface area contributed by atoms with Gasteiger partial charge in [0, 0.05) is 59.9 Å². The number of nitrogens with one attached hydrogen (secondary N) is 1. The highest BCUT2D eigenvalue weighted by molar-refractivity contribution is 7.86. The fraction of sp³-hybridized carbons (Fsp3) is 0.458. The van der Waals surface area contributed by atoms with Crippen molar-refractivity contribution >= 4 is 26.9 Å². The lowest BCUT2D eigenvalue weighted by Crippen LogP contribution is -2.60. The molecule has 3 fully saturated rings. The van der Waals surface area contributed by atoms with Gasteiger partial charge in [-0.15, -0.1) is 0 Å². The van der Waals surface area contributed by atoms with Crippen molar-refractivity contribution < 1.29 is 42.9 Å². The van der Waals surface area contributed by atoms with E-state index < -0.39 is 62.6 Å². The van der Waals surface area contributed by atoms with Crippen LogP contribution < -0.4 is 21.5 Å². The standard InChI is InChI=1S/C83H92N4O9S/c1-47-14-15-55-40-64-27-32-66(55)71(47)43-75(97(92,93)94)72-42-59-38-58(41-65-34-49(46-88)10-6-12-53-39-63(89)26-31-69(53)80(59)95-65)76(72)51-16-23-62(24-17-51)83(96-64,87-81(84)85)73-33-25-61-22-18-57(44-82(61,91)74(73)35-48-8-4-3-5-9-48)52-20-29-68-54(36-52)21-28-67-60(45-86-2)37-56-13-7-11-50-19-30-70(79(68)90)78(67)77(50)56/h3-5,7-9,11,13,16-17,20,23-24,26-27,29,31-32,36-37,39-40,42,47,49,57-58,61,65,70-76,79-80,86,88-91H,10,14-15,18-19,21-22,25,28,30,33-35,38,41,43-46H2,1-2H3,(H4,84,85,87)(H,92,93,94). The zero-order valence-electron chi connectivity index (χ0n) is 55.8. The topological polar surface area (TPSA) is 230 Å². The van der Waals surface area contributed by atoms with Crippen molar-refractivity contribution in [1.29, 1.82) is 0 Å². The molecule has 6 aliphatic carbocycles. The molecular formula is C83H92N4O9S. The second-order valence-electron chi connectivity index (χ2n) is 30.6. The Morgan fingerprint density at radius 3 is 2.37 bits per heavy atom. The van der Waals surface area contributed by atoms with Crippen LogP contribution in [-0.2, 0) is 59.2 Å². The van der Waals surface area contributed by atoms with Crippen LogP contribution in [0.15, 0.2) is 150 Å². The molecule has 0 radical (unpaired) electrons. The average Bonchev–Trinajstić information content (AvgIpc) is 1.64. The van der Waals surface area contributed by atoms with Gasteiger partial charge < -0.3 is 46.7 Å². The molecule has 0 amide bonds. The zero-order chi connectivity index (χ0) is 66.6. The van der Waals surface area contributed by atoms with Crippen LogP contribution in [0.3, 0.4) is 0 Å². The van der Waals surface area contributed by atoms with E-state index in [0.29, 0.717) is 68.2 Å². The summed E-state index contributed by atoms with van der Waals surface area (Å²) in [6.07, 6.45) is 11.9. The number of aromatic hydroxyl groups is 1. The zero-order valence-corrected chi connectivity index (χ0v) is 56.6. The van der Waals surface area contributed by atoms with Gasteiger partial charge in [0.05, 0.1) is 23.1 Å². The Bertz CT molecular complexity index is 4440. The number of allylic oxidation sites excluding steroid dienone is 1. The molecule has 1 saturated heterocycles. The quantitative estimate of drug-likeness (QED) is 0.0222. The number of hydrogen-bond acceptors (Lipinski definition) is 10. The van der Waals surface area contributed by atoms with E-state index in [2.05, 4.69) is 133 Å². The lowest BCUT2D eigenvalue weighted by atomic mass is 9.52. The fourth-order valence-electron chi connectivity index (χ4n) is 20.9. The number of guanidine groups is 1. The number of aryl methyl sites for hydroxylation is 3. The molecule has 7 aromatic rings. The first-order chi connectivity index (χ1) is 46.9. The van der Waals surface area contributed by atoms with E-state index >= 15 is 0 Å². The summed E-state index contributed by atoms with van der Waals surface area (Å²) in [7, 11) is -2.72. The van der Waals surface area contributed by atoms with Crippen LogP contribution in [-0.4, -0.2) is 70.0 Å². The third-order valence-corrected chi connectivity index (χ3v) is 26.6. The Morgan fingerprint density at radius 1 is 0.784 bits per heavy atom. The molecule has 0 spiro atoms. The highest BCUT2D eigenvalue weighted by Crippen LogP contribution is 2.61. The first-order valence-corrected chi connectivity index (χ1v) is 37.5. The molecule has 18 rings (SSSR count). The molecule has 2 saturated carbocycles. The molecule has 97 heavy (non-hydrogen) atoms. The van der Waals surface area contributed by atoms with Gasteiger partial charge in [0.25, 0.3) is 10.1 Å². The molecule has 5 heterocycles.